The summed E-state index contributed by atoms with van der Waals surface area (Å²) < 4.78 is 0. The molecule has 0 saturated carbocycles. The van der Waals surface area contributed by atoms with Gasteiger partial charge in [-0.2, -0.15) is 10.5 Å². The molecule has 0 aromatic carbocycles. The molecule has 0 amide bonds. The van der Waals surface area contributed by atoms with Crippen LogP contribution < -0.4 is 0 Å². The molecular weight excluding hydrogens is 124 g/mol. The van der Waals surface area contributed by atoms with E-state index in [9.17, 15) is 0 Å². The monoisotopic (exact) mass is 134 g/mol. The van der Waals surface area contributed by atoms with Crippen LogP contribution in [-0.2, 0) is 0 Å². The molecule has 0 aliphatic carbocycles. The van der Waals surface area contributed by atoms with Crippen molar-refractivity contribution < 1.29 is 0 Å². The van der Waals surface area contributed by atoms with Crippen molar-refractivity contribution in [2.24, 2.45) is 5.92 Å². The van der Waals surface area contributed by atoms with E-state index >= 15 is 0 Å². The minimum Gasteiger partial charge on any atom is -0.198 e. The highest BCUT2D eigenvalue weighted by Gasteiger charge is 1.94. The lowest BCUT2D eigenvalue weighted by Gasteiger charge is -1.93. The third-order valence-electron chi connectivity index (χ3n) is 1.17. The molecule has 10 heavy (non-hydrogen) atoms. The van der Waals surface area contributed by atoms with Crippen LogP contribution in [0.3, 0.4) is 0 Å². The maximum absolute atomic E-state index is 8.36. The van der Waals surface area contributed by atoms with Gasteiger partial charge < -0.3 is 0 Å². The number of allylic oxidation sites excluding steroid dienone is 2. The van der Waals surface area contributed by atoms with Gasteiger partial charge >= 0.3 is 0 Å². The van der Waals surface area contributed by atoms with E-state index in [1.165, 1.54) is 0 Å². The molecule has 1 unspecified atom stereocenters. The number of nitrogens with zero attached hydrogens (tertiary/aromatic N) is 2. The molecule has 1 atom stereocenters. The molecule has 0 spiro atoms. The Bertz CT molecular complexity index is 202. The predicted octanol–water partition coefficient (Wildman–Crippen LogP) is 2.01. The summed E-state index contributed by atoms with van der Waals surface area (Å²) in [6.07, 6.45) is 2.46. The highest BCUT2D eigenvalue weighted by Crippen LogP contribution is 2.02. The molecule has 0 fully saturated rings. The first-order chi connectivity index (χ1) is 4.70. The summed E-state index contributed by atoms with van der Waals surface area (Å²) >= 11 is 0. The van der Waals surface area contributed by atoms with Gasteiger partial charge in [-0.25, -0.2) is 0 Å². The number of hydrogen-bond acceptors (Lipinski definition) is 2. The van der Waals surface area contributed by atoms with E-state index in [0.717, 1.165) is 0 Å². The molecule has 0 saturated heterocycles. The zero-order chi connectivity index (χ0) is 7.98. The SMILES string of the molecule is C/C(C#N)=C\CC(C)C#N. The molecule has 0 aliphatic heterocycles. The Morgan fingerprint density at radius 1 is 1.60 bits per heavy atom. The van der Waals surface area contributed by atoms with Crippen molar-refractivity contribution in [2.75, 3.05) is 0 Å². The fourth-order valence-corrected chi connectivity index (χ4v) is 0.452. The Morgan fingerprint density at radius 2 is 2.20 bits per heavy atom. The van der Waals surface area contributed by atoms with Crippen LogP contribution >= 0.6 is 0 Å². The number of nitriles is 2. The zero-order valence-electron chi connectivity index (χ0n) is 6.26. The summed E-state index contributed by atoms with van der Waals surface area (Å²) in [7, 11) is 0. The fraction of sp³-hybridized carbons (Fsp3) is 0.500. The molecule has 0 aromatic heterocycles. The maximum atomic E-state index is 8.36. The lowest BCUT2D eigenvalue weighted by atomic mass is 10.1. The van der Waals surface area contributed by atoms with Gasteiger partial charge in [-0.15, -0.1) is 0 Å². The fourth-order valence-electron chi connectivity index (χ4n) is 0.452. The van der Waals surface area contributed by atoms with Gasteiger partial charge in [0, 0.05) is 11.5 Å². The summed E-state index contributed by atoms with van der Waals surface area (Å²) in [5, 5.41) is 16.7. The smallest absolute Gasteiger partial charge is 0.0940 e. The molecule has 0 bridgehead atoms. The summed E-state index contributed by atoms with van der Waals surface area (Å²) in [4.78, 5) is 0. The quantitative estimate of drug-likeness (QED) is 0.542. The van der Waals surface area contributed by atoms with E-state index in [-0.39, 0.29) is 5.92 Å². The first-order valence-electron chi connectivity index (χ1n) is 3.17. The van der Waals surface area contributed by atoms with E-state index < -0.39 is 0 Å². The van der Waals surface area contributed by atoms with Crippen LogP contribution in [0.15, 0.2) is 11.6 Å². The second kappa shape index (κ2) is 4.58. The average Bonchev–Trinajstić information content (AvgIpc) is 1.99. The molecule has 0 rings (SSSR count). The molecule has 0 aromatic rings. The number of rotatable bonds is 2. The van der Waals surface area contributed by atoms with Crippen molar-refractivity contribution in [1.82, 2.24) is 0 Å². The van der Waals surface area contributed by atoms with Crippen LogP contribution in [0.4, 0.5) is 0 Å². The second-order valence-corrected chi connectivity index (χ2v) is 2.26. The molecule has 0 heterocycles. The standard InChI is InChI=1S/C8H10N2/c1-7(5-9)3-4-8(2)6-10/h3,8H,4H2,1-2H3/b7-3+. The lowest BCUT2D eigenvalue weighted by molar-refractivity contribution is 0.758. The second-order valence-electron chi connectivity index (χ2n) is 2.26. The van der Waals surface area contributed by atoms with Crippen LogP contribution in [0, 0.1) is 28.6 Å². The van der Waals surface area contributed by atoms with Crippen LogP contribution in [0.1, 0.15) is 20.3 Å². The highest BCUT2D eigenvalue weighted by molar-refractivity contribution is 5.17. The van der Waals surface area contributed by atoms with Crippen molar-refractivity contribution in [3.05, 3.63) is 11.6 Å². The molecule has 0 N–H and O–H groups in total. The molecule has 2 heteroatoms. The Balaban J connectivity index is 3.78. The highest BCUT2D eigenvalue weighted by atomic mass is 14.3. The summed E-state index contributed by atoms with van der Waals surface area (Å²) in [6, 6.07) is 4.09. The molecule has 2 nitrogen and oxygen atoms in total. The Kier molecular flexibility index (Phi) is 4.00. The maximum Gasteiger partial charge on any atom is 0.0940 e. The van der Waals surface area contributed by atoms with Gasteiger partial charge in [-0.1, -0.05) is 6.08 Å². The minimum atomic E-state index is 0.0169. The van der Waals surface area contributed by atoms with Crippen molar-refractivity contribution >= 4 is 0 Å². The first kappa shape index (κ1) is 8.72. The van der Waals surface area contributed by atoms with E-state index in [4.69, 9.17) is 10.5 Å². The van der Waals surface area contributed by atoms with Gasteiger partial charge in [-0.3, -0.25) is 0 Å². The van der Waals surface area contributed by atoms with Gasteiger partial charge in [-0.05, 0) is 20.3 Å². The van der Waals surface area contributed by atoms with E-state index in [1.807, 2.05) is 13.0 Å². The van der Waals surface area contributed by atoms with Crippen LogP contribution in [0.25, 0.3) is 0 Å². The van der Waals surface area contributed by atoms with Crippen molar-refractivity contribution in [1.29, 1.82) is 10.5 Å². The van der Waals surface area contributed by atoms with Gasteiger partial charge in [0.2, 0.25) is 0 Å². The largest absolute Gasteiger partial charge is 0.198 e. The molecule has 52 valence electrons. The topological polar surface area (TPSA) is 47.6 Å². The van der Waals surface area contributed by atoms with E-state index in [1.54, 1.807) is 13.0 Å². The predicted molar refractivity (Wildman–Crippen MR) is 38.8 cm³/mol. The summed E-state index contributed by atoms with van der Waals surface area (Å²) in [5.74, 6) is 0.0169. The minimum absolute atomic E-state index is 0.0169. The molecule has 0 radical (unpaired) electrons. The normalized spacial score (nSPS) is 13.4. The van der Waals surface area contributed by atoms with E-state index in [2.05, 4.69) is 6.07 Å². The van der Waals surface area contributed by atoms with Crippen LogP contribution in [0.2, 0.25) is 0 Å². The van der Waals surface area contributed by atoms with Crippen molar-refractivity contribution in [2.45, 2.75) is 20.3 Å². The molecular formula is C8H10N2. The van der Waals surface area contributed by atoms with Gasteiger partial charge in [0.1, 0.15) is 0 Å². The number of hydrogen-bond donors (Lipinski definition) is 0. The Hall–Kier alpha value is -1.28. The van der Waals surface area contributed by atoms with Crippen molar-refractivity contribution in [3.63, 3.8) is 0 Å². The van der Waals surface area contributed by atoms with Gasteiger partial charge in [0.25, 0.3) is 0 Å². The summed E-state index contributed by atoms with van der Waals surface area (Å²) in [6.45, 7) is 3.57. The third kappa shape index (κ3) is 3.69. The van der Waals surface area contributed by atoms with Crippen molar-refractivity contribution in [3.8, 4) is 12.1 Å². The Morgan fingerprint density at radius 3 is 2.60 bits per heavy atom. The Labute approximate surface area is 61.4 Å². The van der Waals surface area contributed by atoms with Gasteiger partial charge in [0.05, 0.1) is 12.1 Å². The lowest BCUT2D eigenvalue weighted by Crippen LogP contribution is -1.85. The third-order valence-corrected chi connectivity index (χ3v) is 1.17. The first-order valence-corrected chi connectivity index (χ1v) is 3.17. The average molecular weight is 134 g/mol. The molecule has 0 aliphatic rings. The van der Waals surface area contributed by atoms with Crippen LogP contribution in [-0.4, -0.2) is 0 Å². The summed E-state index contributed by atoms with van der Waals surface area (Å²) in [5.41, 5.74) is 0.683. The zero-order valence-corrected chi connectivity index (χ0v) is 6.26. The van der Waals surface area contributed by atoms with Gasteiger partial charge in [0.15, 0.2) is 0 Å². The van der Waals surface area contributed by atoms with Crippen LogP contribution in [0.5, 0.6) is 0 Å². The van der Waals surface area contributed by atoms with E-state index in [0.29, 0.717) is 12.0 Å².